The highest BCUT2D eigenvalue weighted by atomic mass is 32.1. The number of rotatable bonds is 7. The van der Waals surface area contributed by atoms with Crippen molar-refractivity contribution in [3.05, 3.63) is 82.7 Å². The molecular weight excluding hydrogens is 402 g/mol. The predicted molar refractivity (Wildman–Crippen MR) is 113 cm³/mol. The molecule has 0 unspecified atom stereocenters. The Balaban J connectivity index is 1.59. The molecule has 0 radical (unpaired) electrons. The molecule has 30 heavy (non-hydrogen) atoms. The summed E-state index contributed by atoms with van der Waals surface area (Å²) in [6, 6.07) is 19.2. The van der Waals surface area contributed by atoms with Crippen LogP contribution in [-0.4, -0.2) is 24.4 Å². The Morgan fingerprint density at radius 2 is 1.67 bits per heavy atom. The smallest absolute Gasteiger partial charge is 0.340 e. The average molecular weight is 419 g/mol. The molecule has 2 amide bonds. The number of ether oxygens (including phenoxy) is 1. The van der Waals surface area contributed by atoms with Crippen LogP contribution in [0.3, 0.4) is 0 Å². The summed E-state index contributed by atoms with van der Waals surface area (Å²) in [5.74, 6) is -1.58. The fourth-order valence-electron chi connectivity index (χ4n) is 2.61. The lowest BCUT2D eigenvalue weighted by molar-refractivity contribution is -0.119. The van der Waals surface area contributed by atoms with Gasteiger partial charge in [-0.15, -0.1) is 11.3 Å². The number of anilines is 2. The lowest BCUT2D eigenvalue weighted by Crippen LogP contribution is -2.22. The van der Waals surface area contributed by atoms with Gasteiger partial charge in [-0.25, -0.2) is 4.79 Å². The van der Waals surface area contributed by atoms with Gasteiger partial charge in [-0.2, -0.15) is 5.26 Å². The van der Waals surface area contributed by atoms with Crippen molar-refractivity contribution in [3.63, 3.8) is 0 Å². The molecule has 0 fully saturated rings. The fraction of sp³-hybridized carbons (Fsp3) is 0.0909. The van der Waals surface area contributed by atoms with Crippen LogP contribution >= 0.6 is 11.3 Å². The van der Waals surface area contributed by atoms with Crippen molar-refractivity contribution in [2.45, 2.75) is 6.42 Å². The maximum absolute atomic E-state index is 12.4. The van der Waals surface area contributed by atoms with E-state index in [0.717, 1.165) is 5.56 Å². The van der Waals surface area contributed by atoms with Crippen LogP contribution in [-0.2, 0) is 20.7 Å². The van der Waals surface area contributed by atoms with Crippen LogP contribution in [0.25, 0.3) is 0 Å². The summed E-state index contributed by atoms with van der Waals surface area (Å²) in [6.07, 6.45) is 0.161. The van der Waals surface area contributed by atoms with E-state index in [1.807, 2.05) is 36.4 Å². The predicted octanol–water partition coefficient (Wildman–Crippen LogP) is 3.60. The first-order valence-electron chi connectivity index (χ1n) is 8.94. The minimum absolute atomic E-state index is 0.139. The van der Waals surface area contributed by atoms with E-state index in [1.54, 1.807) is 29.6 Å². The summed E-state index contributed by atoms with van der Waals surface area (Å²) in [7, 11) is 0. The molecule has 1 aromatic heterocycles. The Hall–Kier alpha value is -3.96. The third-order valence-electron chi connectivity index (χ3n) is 4.00. The maximum Gasteiger partial charge on any atom is 0.340 e. The number of nitriles is 1. The lowest BCUT2D eigenvalue weighted by Gasteiger charge is -2.11. The highest BCUT2D eigenvalue weighted by molar-refractivity contribution is 7.14. The van der Waals surface area contributed by atoms with Crippen molar-refractivity contribution < 1.29 is 19.1 Å². The van der Waals surface area contributed by atoms with Gasteiger partial charge >= 0.3 is 5.97 Å². The summed E-state index contributed by atoms with van der Waals surface area (Å²) in [4.78, 5) is 36.8. The van der Waals surface area contributed by atoms with E-state index >= 15 is 0 Å². The molecule has 3 rings (SSSR count). The van der Waals surface area contributed by atoms with Gasteiger partial charge < -0.3 is 15.4 Å². The van der Waals surface area contributed by atoms with Crippen LogP contribution in [0.15, 0.2) is 66.0 Å². The van der Waals surface area contributed by atoms with E-state index in [9.17, 15) is 14.4 Å². The summed E-state index contributed by atoms with van der Waals surface area (Å²) >= 11 is 1.20. The van der Waals surface area contributed by atoms with Gasteiger partial charge in [0, 0.05) is 0 Å². The standard InChI is InChI=1S/C22H17N3O4S/c23-13-16-10-11-30-21(16)25-20(27)14-29-22(28)17-8-4-5-9-18(17)24-19(26)12-15-6-2-1-3-7-15/h1-11H,12,14H2,(H,24,26)(H,25,27). The Labute approximate surface area is 176 Å². The molecule has 0 spiro atoms. The van der Waals surface area contributed by atoms with Crippen LogP contribution in [0, 0.1) is 11.3 Å². The topological polar surface area (TPSA) is 108 Å². The number of nitrogens with one attached hydrogen (secondary N) is 2. The Bertz CT molecular complexity index is 1100. The molecule has 2 N–H and O–H groups in total. The fourth-order valence-corrected chi connectivity index (χ4v) is 3.37. The van der Waals surface area contributed by atoms with E-state index in [1.165, 1.54) is 17.4 Å². The quantitative estimate of drug-likeness (QED) is 0.569. The Kier molecular flexibility index (Phi) is 6.92. The molecule has 7 nitrogen and oxygen atoms in total. The summed E-state index contributed by atoms with van der Waals surface area (Å²) < 4.78 is 5.07. The van der Waals surface area contributed by atoms with Gasteiger partial charge in [0.25, 0.3) is 5.91 Å². The average Bonchev–Trinajstić information content (AvgIpc) is 3.20. The number of carbonyl (C=O) groups is 3. The second-order valence-corrected chi connectivity index (χ2v) is 7.07. The van der Waals surface area contributed by atoms with Gasteiger partial charge in [-0.05, 0) is 29.1 Å². The SMILES string of the molecule is N#Cc1ccsc1NC(=O)COC(=O)c1ccccc1NC(=O)Cc1ccccc1. The van der Waals surface area contributed by atoms with Gasteiger partial charge in [-0.3, -0.25) is 9.59 Å². The van der Waals surface area contributed by atoms with Crippen LogP contribution in [0.2, 0.25) is 0 Å². The zero-order chi connectivity index (χ0) is 21.3. The number of thiophene rings is 1. The number of benzene rings is 2. The molecule has 150 valence electrons. The third-order valence-corrected chi connectivity index (χ3v) is 4.83. The van der Waals surface area contributed by atoms with Gasteiger partial charge in [0.1, 0.15) is 11.1 Å². The van der Waals surface area contributed by atoms with Crippen molar-refractivity contribution in [1.82, 2.24) is 0 Å². The van der Waals surface area contributed by atoms with Crippen molar-refractivity contribution in [1.29, 1.82) is 5.26 Å². The molecule has 0 aliphatic rings. The lowest BCUT2D eigenvalue weighted by atomic mass is 10.1. The molecule has 0 atom stereocenters. The number of para-hydroxylation sites is 1. The largest absolute Gasteiger partial charge is 0.452 e. The van der Waals surface area contributed by atoms with Gasteiger partial charge in [0.15, 0.2) is 6.61 Å². The van der Waals surface area contributed by atoms with E-state index in [4.69, 9.17) is 10.00 Å². The minimum atomic E-state index is -0.743. The molecule has 2 aromatic carbocycles. The van der Waals surface area contributed by atoms with Crippen molar-refractivity contribution in [2.75, 3.05) is 17.2 Å². The van der Waals surface area contributed by atoms with E-state index in [-0.39, 0.29) is 17.9 Å². The van der Waals surface area contributed by atoms with Crippen LogP contribution in [0.4, 0.5) is 10.7 Å². The van der Waals surface area contributed by atoms with E-state index < -0.39 is 18.5 Å². The Morgan fingerprint density at radius 1 is 0.933 bits per heavy atom. The maximum atomic E-state index is 12.4. The second-order valence-electron chi connectivity index (χ2n) is 6.16. The molecule has 0 saturated heterocycles. The van der Waals surface area contributed by atoms with Crippen molar-refractivity contribution >= 4 is 39.8 Å². The number of hydrogen-bond donors (Lipinski definition) is 2. The zero-order valence-electron chi connectivity index (χ0n) is 15.8. The van der Waals surface area contributed by atoms with E-state index in [2.05, 4.69) is 10.6 Å². The molecular formula is C22H17N3O4S. The molecule has 8 heteroatoms. The number of amides is 2. The molecule has 0 aliphatic heterocycles. The second kappa shape index (κ2) is 10.0. The van der Waals surface area contributed by atoms with Crippen molar-refractivity contribution in [3.8, 4) is 6.07 Å². The highest BCUT2D eigenvalue weighted by Crippen LogP contribution is 2.22. The first-order chi connectivity index (χ1) is 14.6. The van der Waals surface area contributed by atoms with Gasteiger partial charge in [-0.1, -0.05) is 42.5 Å². The van der Waals surface area contributed by atoms with Gasteiger partial charge in [0.05, 0.1) is 23.2 Å². The Morgan fingerprint density at radius 3 is 2.43 bits per heavy atom. The summed E-state index contributed by atoms with van der Waals surface area (Å²) in [5.41, 5.74) is 1.62. The molecule has 3 aromatic rings. The summed E-state index contributed by atoms with van der Waals surface area (Å²) in [6.45, 7) is -0.520. The van der Waals surface area contributed by atoms with Crippen LogP contribution in [0.5, 0.6) is 0 Å². The van der Waals surface area contributed by atoms with E-state index in [0.29, 0.717) is 16.3 Å². The van der Waals surface area contributed by atoms with Crippen LogP contribution in [0.1, 0.15) is 21.5 Å². The first kappa shape index (κ1) is 20.8. The molecule has 1 heterocycles. The number of nitrogens with zero attached hydrogens (tertiary/aromatic N) is 1. The summed E-state index contributed by atoms with van der Waals surface area (Å²) in [5, 5.41) is 16.3. The molecule has 0 aliphatic carbocycles. The van der Waals surface area contributed by atoms with Gasteiger partial charge in [0.2, 0.25) is 5.91 Å². The highest BCUT2D eigenvalue weighted by Gasteiger charge is 2.17. The number of hydrogen-bond acceptors (Lipinski definition) is 6. The first-order valence-corrected chi connectivity index (χ1v) is 9.82. The number of carbonyl (C=O) groups excluding carboxylic acids is 3. The third kappa shape index (κ3) is 5.53. The monoisotopic (exact) mass is 419 g/mol. The minimum Gasteiger partial charge on any atom is -0.452 e. The zero-order valence-corrected chi connectivity index (χ0v) is 16.6. The van der Waals surface area contributed by atoms with Crippen LogP contribution < -0.4 is 10.6 Å². The van der Waals surface area contributed by atoms with Crippen molar-refractivity contribution in [2.24, 2.45) is 0 Å². The molecule has 0 saturated carbocycles. The molecule has 0 bridgehead atoms. The normalized spacial score (nSPS) is 9.97. The number of esters is 1.